The molecule has 0 aliphatic carbocycles. The molecule has 33 nitrogen and oxygen atoms in total. The topological polar surface area (TPSA) is 428 Å². The number of ether oxygens (including phenoxy) is 7. The van der Waals surface area contributed by atoms with Crippen molar-refractivity contribution < 1.29 is 89.5 Å². The summed E-state index contributed by atoms with van der Waals surface area (Å²) in [5, 5.41) is 14.8. The van der Waals surface area contributed by atoms with Gasteiger partial charge in [0.25, 0.3) is 22.9 Å². The van der Waals surface area contributed by atoms with Gasteiger partial charge < -0.3 is 73.5 Å². The monoisotopic (exact) mass is 1100 g/mol. The molecule has 0 radical (unpaired) electrons. The number of H-pyrrole nitrogens is 2. The van der Waals surface area contributed by atoms with Crippen LogP contribution < -0.4 is 27.9 Å². The zero-order chi connectivity index (χ0) is 53.4. The Kier molecular flexibility index (Phi) is 18.0. The molecule has 4 unspecified atom stereocenters. The van der Waals surface area contributed by atoms with E-state index in [9.17, 15) is 43.0 Å². The molecule has 4 aliphatic heterocycles. The number of anilines is 2. The summed E-state index contributed by atoms with van der Waals surface area (Å²) in [6, 6.07) is -1.26. The third-order valence-electron chi connectivity index (χ3n) is 11.4. The van der Waals surface area contributed by atoms with Crippen LogP contribution in [0.2, 0.25) is 0 Å². The number of aromatic amines is 2. The number of hydrogen-bond donors (Lipinski definition) is 6. The van der Waals surface area contributed by atoms with E-state index in [4.69, 9.17) is 67.6 Å². The standard InChI is InChI=1S/C40H54N12O21P2/c1-74(60)68-18-22-32(30(57)38(70-22)51-20-44-29-34(51)47-40(42)49-36(29)59)73-75(2,61)67-17-21-31(72-74)27(37(69-21)50-19-43-28-33(50)46-39(41)48-35(28)58)45-23(53)5-7-62-9-11-64-13-15-66-16-14-65-12-10-63-8-6-26(56)71-52-24(54)3-4-25(52)55/h3-4,19-22,27,30-32,37-38,57H,5-18H2,1-2H3,(H,45,53)(H3,41,46,48,58)(H3,42,47,49,59)/t21-,22-,27?,30+,31+,32?,37-,38-,74?,75?/m1/s1. The first-order chi connectivity index (χ1) is 35.9. The normalized spacial score (nSPS) is 28.1. The summed E-state index contributed by atoms with van der Waals surface area (Å²) in [5.41, 5.74) is 9.99. The Morgan fingerprint density at radius 1 is 0.693 bits per heavy atom. The van der Waals surface area contributed by atoms with E-state index in [1.54, 1.807) is 0 Å². The van der Waals surface area contributed by atoms with E-state index < -0.39 is 112 Å². The van der Waals surface area contributed by atoms with Gasteiger partial charge in [0.05, 0.1) is 98.4 Å². The number of amides is 3. The molecular weight excluding hydrogens is 1050 g/mol. The highest BCUT2D eigenvalue weighted by molar-refractivity contribution is 7.53. The number of imidazole rings is 2. The van der Waals surface area contributed by atoms with Gasteiger partial charge in [-0.1, -0.05) is 5.06 Å². The van der Waals surface area contributed by atoms with Crippen molar-refractivity contribution in [3.05, 3.63) is 45.5 Å². The maximum absolute atomic E-state index is 14.3. The lowest BCUT2D eigenvalue weighted by Gasteiger charge is -2.30. The SMILES string of the molecule is CP1(=O)OC[C@H]2O[C@@H](n3cnc4c(=O)[nH]c(N)nc43)C(NC(=O)CCOCCOCCOCCOCCOCCC(=O)ON3C(=O)C=CC3=O)[C@H]2OP(C)(=O)OC[C@H]2O[C@@H](n3cnc4c(=O)[nH]c(N)nc43)[C@@H](O)C2O1. The number of imide groups is 1. The van der Waals surface area contributed by atoms with Crippen LogP contribution in [0.4, 0.5) is 11.9 Å². The molecule has 0 saturated carbocycles. The third-order valence-corrected chi connectivity index (χ3v) is 13.9. The molecule has 3 amide bonds. The average Bonchev–Trinajstić information content (AvgIpc) is 4.17. The van der Waals surface area contributed by atoms with E-state index >= 15 is 0 Å². The van der Waals surface area contributed by atoms with Gasteiger partial charge >= 0.3 is 21.2 Å². The Morgan fingerprint density at radius 3 is 1.65 bits per heavy atom. The minimum Gasteiger partial charge on any atom is -0.386 e. The maximum Gasteiger partial charge on any atom is 0.335 e. The lowest BCUT2D eigenvalue weighted by molar-refractivity contribution is -0.196. The molecule has 4 aliphatic rings. The zero-order valence-corrected chi connectivity index (χ0v) is 41.9. The molecule has 3 saturated heterocycles. The number of fused-ring (bicyclic) bond motifs is 4. The summed E-state index contributed by atoms with van der Waals surface area (Å²) >= 11 is 0. The Balaban J connectivity index is 0.812. The lowest BCUT2D eigenvalue weighted by Crippen LogP contribution is -2.48. The van der Waals surface area contributed by atoms with Crippen molar-refractivity contribution in [3.63, 3.8) is 0 Å². The van der Waals surface area contributed by atoms with Crippen LogP contribution >= 0.6 is 15.2 Å². The van der Waals surface area contributed by atoms with Gasteiger partial charge in [-0.2, -0.15) is 9.97 Å². The number of hydrogen-bond acceptors (Lipinski definition) is 27. The number of nitrogens with zero attached hydrogens (tertiary/aromatic N) is 7. The van der Waals surface area contributed by atoms with Gasteiger partial charge in [0.15, 0.2) is 34.8 Å². The molecule has 8 heterocycles. The summed E-state index contributed by atoms with van der Waals surface area (Å²) in [6.45, 7) is 2.79. The Morgan fingerprint density at radius 2 is 1.13 bits per heavy atom. The molecule has 8 rings (SSSR count). The van der Waals surface area contributed by atoms with Crippen molar-refractivity contribution in [2.75, 3.05) is 104 Å². The smallest absolute Gasteiger partial charge is 0.335 e. The quantitative estimate of drug-likeness (QED) is 0.0275. The van der Waals surface area contributed by atoms with Crippen LogP contribution in [0.3, 0.4) is 0 Å². The number of nitrogen functional groups attached to an aromatic ring is 2. The van der Waals surface area contributed by atoms with Crippen molar-refractivity contribution in [1.82, 2.24) is 49.4 Å². The molecule has 75 heavy (non-hydrogen) atoms. The van der Waals surface area contributed by atoms with Crippen molar-refractivity contribution in [2.45, 2.75) is 61.9 Å². The van der Waals surface area contributed by atoms with Gasteiger partial charge in [0, 0.05) is 31.9 Å². The summed E-state index contributed by atoms with van der Waals surface area (Å²) in [5.74, 6) is -3.35. The lowest BCUT2D eigenvalue weighted by atomic mass is 10.1. The van der Waals surface area contributed by atoms with Crippen molar-refractivity contribution in [2.24, 2.45) is 0 Å². The van der Waals surface area contributed by atoms with E-state index in [1.165, 1.54) is 21.8 Å². The number of carbonyl (C=O) groups excluding carboxylic acids is 4. The van der Waals surface area contributed by atoms with Crippen LogP contribution in [0.15, 0.2) is 34.4 Å². The Labute approximate surface area is 422 Å². The molecule has 10 atom stereocenters. The molecular formula is C40H54N12O21P2. The van der Waals surface area contributed by atoms with Crippen LogP contribution in [0, 0.1) is 0 Å². The minimum absolute atomic E-state index is 0.00180. The summed E-state index contributed by atoms with van der Waals surface area (Å²) in [7, 11) is -8.41. The van der Waals surface area contributed by atoms with Crippen LogP contribution in [-0.2, 0) is 84.4 Å². The van der Waals surface area contributed by atoms with E-state index in [1.807, 2.05) is 0 Å². The maximum atomic E-state index is 14.3. The first kappa shape index (κ1) is 55.3. The molecule has 4 aromatic heterocycles. The molecule has 4 aromatic rings. The fourth-order valence-electron chi connectivity index (χ4n) is 7.97. The van der Waals surface area contributed by atoms with Gasteiger partial charge in [-0.25, -0.2) is 14.8 Å². The molecule has 410 valence electrons. The Hall–Kier alpha value is -5.90. The number of nitrogens with one attached hydrogen (secondary N) is 3. The number of aliphatic hydroxyl groups is 1. The second kappa shape index (κ2) is 24.4. The van der Waals surface area contributed by atoms with E-state index in [-0.39, 0.29) is 113 Å². The van der Waals surface area contributed by atoms with E-state index in [2.05, 4.69) is 35.2 Å². The molecule has 8 N–H and O–H groups in total. The predicted molar refractivity (Wildman–Crippen MR) is 250 cm³/mol. The minimum atomic E-state index is -4.22. The van der Waals surface area contributed by atoms with Gasteiger partial charge in [-0.05, 0) is 0 Å². The fraction of sp³-hybridized carbons (Fsp3) is 0.600. The molecule has 35 heteroatoms. The van der Waals surface area contributed by atoms with Gasteiger partial charge in [-0.15, -0.1) is 0 Å². The largest absolute Gasteiger partial charge is 0.386 e. The van der Waals surface area contributed by atoms with Crippen LogP contribution in [0.25, 0.3) is 22.3 Å². The second-order valence-electron chi connectivity index (χ2n) is 16.9. The highest BCUT2D eigenvalue weighted by Gasteiger charge is 2.53. The van der Waals surface area contributed by atoms with Crippen LogP contribution in [0.1, 0.15) is 25.3 Å². The fourth-order valence-corrected chi connectivity index (χ4v) is 10.3. The van der Waals surface area contributed by atoms with Crippen molar-refractivity contribution in [1.29, 1.82) is 0 Å². The van der Waals surface area contributed by atoms with Crippen LogP contribution in [-0.4, -0.2) is 202 Å². The van der Waals surface area contributed by atoms with Crippen molar-refractivity contribution >= 4 is 73.1 Å². The number of aromatic nitrogens is 8. The van der Waals surface area contributed by atoms with Gasteiger partial charge in [-0.3, -0.25) is 56.7 Å². The second-order valence-corrected chi connectivity index (χ2v) is 20.9. The van der Waals surface area contributed by atoms with Crippen LogP contribution in [0.5, 0.6) is 0 Å². The number of nitrogens with two attached hydrogens (primary N) is 2. The number of aliphatic hydroxyl groups excluding tert-OH is 1. The van der Waals surface area contributed by atoms with E-state index in [0.717, 1.165) is 25.5 Å². The zero-order valence-electron chi connectivity index (χ0n) is 40.1. The van der Waals surface area contributed by atoms with Gasteiger partial charge in [0.2, 0.25) is 17.8 Å². The molecule has 0 bridgehead atoms. The highest BCUT2D eigenvalue weighted by atomic mass is 31.2. The van der Waals surface area contributed by atoms with E-state index in [0.29, 0.717) is 5.06 Å². The number of carbonyl (C=O) groups is 4. The Bertz CT molecular complexity index is 2950. The summed E-state index contributed by atoms with van der Waals surface area (Å²) < 4.78 is 94.4. The number of hydroxylamine groups is 2. The molecule has 0 aromatic carbocycles. The third kappa shape index (κ3) is 13.8. The summed E-state index contributed by atoms with van der Waals surface area (Å²) in [4.78, 5) is 99.5. The predicted octanol–water partition coefficient (Wildman–Crippen LogP) is -2.23. The highest BCUT2D eigenvalue weighted by Crippen LogP contribution is 2.54. The summed E-state index contributed by atoms with van der Waals surface area (Å²) in [6.07, 6.45) is -5.64. The molecule has 0 spiro atoms. The van der Waals surface area contributed by atoms with Crippen molar-refractivity contribution in [3.8, 4) is 0 Å². The molecule has 3 fully saturated rings. The average molecular weight is 1100 g/mol. The van der Waals surface area contributed by atoms with Gasteiger partial charge in [0.1, 0.15) is 36.6 Å². The first-order valence-corrected chi connectivity index (χ1v) is 27.1. The first-order valence-electron chi connectivity index (χ1n) is 23.1. The number of rotatable bonds is 22.